The Hall–Kier alpha value is -0.460. The Labute approximate surface area is 139 Å². The molecule has 0 aromatic carbocycles. The number of carbonyl (C=O) groups is 1. The number of hydroxylamine groups is 2. The smallest absolute Gasteiger partial charge is 0.263 e. The predicted octanol–water partition coefficient (Wildman–Crippen LogP) is 1.73. The number of hydrogen-bond acceptors (Lipinski definition) is 5. The molecule has 2 unspecified atom stereocenters. The maximum atomic E-state index is 12.4. The molecular formula is C15H32N3O4P. The van der Waals surface area contributed by atoms with E-state index >= 15 is 0 Å². The molecule has 0 aliphatic heterocycles. The molecule has 1 rings (SSSR count). The van der Waals surface area contributed by atoms with Gasteiger partial charge < -0.3 is 10.6 Å². The maximum Gasteiger partial charge on any atom is 0.263 e. The van der Waals surface area contributed by atoms with Crippen molar-refractivity contribution in [2.24, 2.45) is 11.7 Å². The van der Waals surface area contributed by atoms with E-state index in [1.54, 1.807) is 0 Å². The van der Waals surface area contributed by atoms with E-state index < -0.39 is 19.3 Å². The van der Waals surface area contributed by atoms with Crippen molar-refractivity contribution < 1.29 is 19.5 Å². The molecule has 0 aromatic rings. The lowest BCUT2D eigenvalue weighted by Gasteiger charge is -2.26. The summed E-state index contributed by atoms with van der Waals surface area (Å²) >= 11 is 0. The van der Waals surface area contributed by atoms with E-state index in [2.05, 4.69) is 5.32 Å². The topological polar surface area (TPSA) is 116 Å². The Bertz CT molecular complexity index is 394. The number of hydrogen-bond donors (Lipinski definition) is 4. The van der Waals surface area contributed by atoms with Crippen LogP contribution >= 0.6 is 7.37 Å². The van der Waals surface area contributed by atoms with E-state index in [4.69, 9.17) is 5.73 Å². The minimum absolute atomic E-state index is 0.148. The standard InChI is InChI=1S/C15H32N3O4P/c1-23(21,22)12-17-14(9-6-10-16)15(19)18(20)11-13-7-4-2-3-5-8-13/h13-14,17,20H,2-12,16H2,1H3,(H,21,22). The monoisotopic (exact) mass is 349 g/mol. The van der Waals surface area contributed by atoms with Crippen LogP contribution in [0.1, 0.15) is 51.4 Å². The van der Waals surface area contributed by atoms with Gasteiger partial charge in [-0.15, -0.1) is 0 Å². The average Bonchev–Trinajstić information content (AvgIpc) is 2.74. The Morgan fingerprint density at radius 2 is 1.96 bits per heavy atom. The predicted molar refractivity (Wildman–Crippen MR) is 90.5 cm³/mol. The van der Waals surface area contributed by atoms with Crippen LogP contribution in [0.5, 0.6) is 0 Å². The first-order chi connectivity index (χ1) is 10.8. The fourth-order valence-corrected chi connectivity index (χ4v) is 3.53. The lowest BCUT2D eigenvalue weighted by atomic mass is 10.00. The Balaban J connectivity index is 2.56. The van der Waals surface area contributed by atoms with E-state index in [1.807, 2.05) is 0 Å². The van der Waals surface area contributed by atoms with Crippen molar-refractivity contribution in [1.29, 1.82) is 0 Å². The van der Waals surface area contributed by atoms with Crippen LogP contribution in [0.25, 0.3) is 0 Å². The first-order valence-corrected chi connectivity index (χ1v) is 10.9. The van der Waals surface area contributed by atoms with Gasteiger partial charge in [-0.05, 0) is 38.1 Å². The highest BCUT2D eigenvalue weighted by molar-refractivity contribution is 7.57. The van der Waals surface area contributed by atoms with E-state index in [1.165, 1.54) is 19.5 Å². The zero-order valence-corrected chi connectivity index (χ0v) is 15.0. The molecule has 0 radical (unpaired) electrons. The quantitative estimate of drug-likeness (QED) is 0.218. The van der Waals surface area contributed by atoms with Crippen molar-refractivity contribution in [2.45, 2.75) is 57.4 Å². The number of nitrogens with two attached hydrogens (primary N) is 1. The van der Waals surface area contributed by atoms with Crippen LogP contribution in [0, 0.1) is 5.92 Å². The maximum absolute atomic E-state index is 12.4. The first kappa shape index (κ1) is 20.6. The summed E-state index contributed by atoms with van der Waals surface area (Å²) in [6, 6.07) is -0.672. The van der Waals surface area contributed by atoms with E-state index in [0.717, 1.165) is 30.7 Å². The van der Waals surface area contributed by atoms with Crippen molar-refractivity contribution in [3.63, 3.8) is 0 Å². The second-order valence-corrected chi connectivity index (χ2v) is 9.09. The van der Waals surface area contributed by atoms with Crippen LogP contribution in [0.2, 0.25) is 0 Å². The Morgan fingerprint density at radius 1 is 1.35 bits per heavy atom. The summed E-state index contributed by atoms with van der Waals surface area (Å²) in [6.45, 7) is 2.01. The fraction of sp³-hybridized carbons (Fsp3) is 0.933. The molecule has 5 N–H and O–H groups in total. The highest BCUT2D eigenvalue weighted by Crippen LogP contribution is 2.33. The molecule has 2 atom stereocenters. The summed E-state index contributed by atoms with van der Waals surface area (Å²) in [5.74, 6) is -0.104. The van der Waals surface area contributed by atoms with Crippen molar-refractivity contribution >= 4 is 13.3 Å². The van der Waals surface area contributed by atoms with Gasteiger partial charge in [0.15, 0.2) is 0 Å². The summed E-state index contributed by atoms with van der Waals surface area (Å²) in [7, 11) is -3.26. The Kier molecular flexibility index (Phi) is 9.32. The summed E-state index contributed by atoms with van der Waals surface area (Å²) in [6.07, 6.45) is 7.70. The number of carbonyl (C=O) groups excluding carboxylic acids is 1. The summed E-state index contributed by atoms with van der Waals surface area (Å²) in [5, 5.41) is 13.7. The molecular weight excluding hydrogens is 317 g/mol. The molecule has 1 aliphatic rings. The van der Waals surface area contributed by atoms with Gasteiger partial charge in [0, 0.05) is 6.66 Å². The van der Waals surface area contributed by atoms with Gasteiger partial charge in [0.05, 0.1) is 18.9 Å². The molecule has 0 bridgehead atoms. The van der Waals surface area contributed by atoms with E-state index in [-0.39, 0.29) is 6.29 Å². The highest BCUT2D eigenvalue weighted by atomic mass is 31.2. The molecule has 0 spiro atoms. The largest absolute Gasteiger partial charge is 0.344 e. The van der Waals surface area contributed by atoms with Gasteiger partial charge in [-0.25, -0.2) is 5.06 Å². The molecule has 0 saturated heterocycles. The number of rotatable bonds is 9. The lowest BCUT2D eigenvalue weighted by molar-refractivity contribution is -0.170. The molecule has 8 heteroatoms. The molecule has 1 saturated carbocycles. The highest BCUT2D eigenvalue weighted by Gasteiger charge is 2.26. The zero-order chi connectivity index (χ0) is 17.3. The van der Waals surface area contributed by atoms with Crippen LogP contribution in [-0.2, 0) is 9.36 Å². The Morgan fingerprint density at radius 3 is 2.48 bits per heavy atom. The summed E-state index contributed by atoms with van der Waals surface area (Å²) in [4.78, 5) is 21.8. The minimum atomic E-state index is -3.26. The molecule has 1 fully saturated rings. The van der Waals surface area contributed by atoms with Gasteiger partial charge >= 0.3 is 0 Å². The third kappa shape index (κ3) is 8.82. The van der Waals surface area contributed by atoms with Gasteiger partial charge in [-0.2, -0.15) is 0 Å². The van der Waals surface area contributed by atoms with E-state index in [0.29, 0.717) is 31.8 Å². The number of nitrogens with zero attached hydrogens (tertiary/aromatic N) is 1. The zero-order valence-electron chi connectivity index (χ0n) is 14.1. The SMILES string of the molecule is CP(=O)(O)CNC(CCCN)C(=O)N(O)CC1CCCCCC1. The van der Waals surface area contributed by atoms with Gasteiger partial charge in [-0.1, -0.05) is 25.7 Å². The summed E-state index contributed by atoms with van der Waals surface area (Å²) < 4.78 is 11.4. The third-order valence-electron chi connectivity index (χ3n) is 4.29. The number of amides is 1. The van der Waals surface area contributed by atoms with E-state index in [9.17, 15) is 19.5 Å². The van der Waals surface area contributed by atoms with Crippen molar-refractivity contribution in [3.8, 4) is 0 Å². The molecule has 0 aromatic heterocycles. The summed E-state index contributed by atoms with van der Waals surface area (Å²) in [5.41, 5.74) is 5.48. The second kappa shape index (κ2) is 10.4. The lowest BCUT2D eigenvalue weighted by Crippen LogP contribution is -2.47. The van der Waals surface area contributed by atoms with Gasteiger partial charge in [0.2, 0.25) is 7.37 Å². The molecule has 1 aliphatic carbocycles. The molecule has 136 valence electrons. The molecule has 0 heterocycles. The van der Waals surface area contributed by atoms with Crippen LogP contribution in [-0.4, -0.2) is 53.2 Å². The second-order valence-electron chi connectivity index (χ2n) is 6.67. The fourth-order valence-electron chi connectivity index (χ4n) is 2.98. The number of nitrogens with one attached hydrogen (secondary N) is 1. The first-order valence-electron chi connectivity index (χ1n) is 8.56. The van der Waals surface area contributed by atoms with Crippen molar-refractivity contribution in [1.82, 2.24) is 10.4 Å². The van der Waals surface area contributed by atoms with Crippen LogP contribution < -0.4 is 11.1 Å². The third-order valence-corrected chi connectivity index (χ3v) is 5.06. The van der Waals surface area contributed by atoms with Crippen molar-refractivity contribution in [2.75, 3.05) is 26.0 Å². The minimum Gasteiger partial charge on any atom is -0.344 e. The van der Waals surface area contributed by atoms with Crippen LogP contribution in [0.15, 0.2) is 0 Å². The average molecular weight is 349 g/mol. The van der Waals surface area contributed by atoms with Gasteiger partial charge in [-0.3, -0.25) is 19.9 Å². The molecule has 1 amide bonds. The molecule has 23 heavy (non-hydrogen) atoms. The van der Waals surface area contributed by atoms with Gasteiger partial charge in [0.1, 0.15) is 0 Å². The van der Waals surface area contributed by atoms with Crippen LogP contribution in [0.4, 0.5) is 0 Å². The van der Waals surface area contributed by atoms with Crippen LogP contribution in [0.3, 0.4) is 0 Å². The van der Waals surface area contributed by atoms with Crippen molar-refractivity contribution in [3.05, 3.63) is 0 Å². The molecule has 7 nitrogen and oxygen atoms in total. The van der Waals surface area contributed by atoms with Gasteiger partial charge in [0.25, 0.3) is 5.91 Å². The normalized spacial score (nSPS) is 20.5.